The molecule has 42 heavy (non-hydrogen) atoms. The summed E-state index contributed by atoms with van der Waals surface area (Å²) in [6, 6.07) is 55.5. The molecule has 0 saturated carbocycles. The van der Waals surface area contributed by atoms with Crippen LogP contribution in [0.1, 0.15) is 0 Å². The Morgan fingerprint density at radius 2 is 0.595 bits per heavy atom. The summed E-state index contributed by atoms with van der Waals surface area (Å²) >= 11 is 0. The molecule has 0 atom stereocenters. The van der Waals surface area contributed by atoms with Crippen LogP contribution in [0.15, 0.2) is 158 Å². The van der Waals surface area contributed by atoms with Gasteiger partial charge in [0.25, 0.3) is 0 Å². The fraction of sp³-hybridized carbons (Fsp3) is 0. The van der Waals surface area contributed by atoms with Gasteiger partial charge < -0.3 is 0 Å². The predicted octanol–water partition coefficient (Wildman–Crippen LogP) is 10.6. The lowest BCUT2D eigenvalue weighted by Gasteiger charge is -2.14. The Morgan fingerprint density at radius 3 is 1.02 bits per heavy atom. The summed E-state index contributed by atoms with van der Waals surface area (Å²) in [7, 11) is 0. The van der Waals surface area contributed by atoms with Crippen LogP contribution in [0.5, 0.6) is 0 Å². The van der Waals surface area contributed by atoms with E-state index in [2.05, 4.69) is 146 Å². The summed E-state index contributed by atoms with van der Waals surface area (Å²) in [4.78, 5) is 10.1. The van der Waals surface area contributed by atoms with E-state index in [-0.39, 0.29) is 0 Å². The first-order valence-electron chi connectivity index (χ1n) is 14.3. The van der Waals surface area contributed by atoms with Gasteiger partial charge in [-0.2, -0.15) is 0 Å². The van der Waals surface area contributed by atoms with Crippen molar-refractivity contribution < 1.29 is 0 Å². The molecule has 0 unspecified atom stereocenters. The maximum Gasteiger partial charge on any atom is 0.0709 e. The lowest BCUT2D eigenvalue weighted by atomic mass is 9.91. The van der Waals surface area contributed by atoms with Crippen molar-refractivity contribution in [3.63, 3.8) is 0 Å². The molecule has 0 aliphatic rings. The van der Waals surface area contributed by atoms with Crippen LogP contribution in [0.25, 0.3) is 77.3 Å². The van der Waals surface area contributed by atoms with Gasteiger partial charge in [0.05, 0.1) is 22.8 Å². The van der Waals surface area contributed by atoms with Crippen molar-refractivity contribution >= 4 is 32.3 Å². The van der Waals surface area contributed by atoms with Crippen LogP contribution in [0.3, 0.4) is 0 Å². The summed E-state index contributed by atoms with van der Waals surface area (Å²) in [6.07, 6.45) is 0. The Balaban J connectivity index is 1.28. The number of hydrogen-bond donors (Lipinski definition) is 0. The van der Waals surface area contributed by atoms with Gasteiger partial charge in [-0.15, -0.1) is 0 Å². The number of pyridine rings is 2. The molecule has 2 heterocycles. The fourth-order valence-electron chi connectivity index (χ4n) is 6.01. The number of fused-ring (bicyclic) bond motifs is 6. The summed E-state index contributed by atoms with van der Waals surface area (Å²) in [5.41, 5.74) is 8.38. The van der Waals surface area contributed by atoms with Crippen molar-refractivity contribution in [2.75, 3.05) is 0 Å². The minimum absolute atomic E-state index is 0.974. The highest BCUT2D eigenvalue weighted by atomic mass is 14.7. The van der Waals surface area contributed by atoms with Gasteiger partial charge in [0.1, 0.15) is 0 Å². The van der Waals surface area contributed by atoms with Crippen LogP contribution in [-0.2, 0) is 0 Å². The first kappa shape index (κ1) is 24.2. The zero-order chi connectivity index (χ0) is 27.9. The van der Waals surface area contributed by atoms with Gasteiger partial charge in [0, 0.05) is 22.3 Å². The summed E-state index contributed by atoms with van der Waals surface area (Å²) < 4.78 is 0. The highest BCUT2D eigenvalue weighted by molar-refractivity contribution is 6.26. The minimum Gasteiger partial charge on any atom is -0.248 e. The van der Waals surface area contributed by atoms with Gasteiger partial charge in [-0.3, -0.25) is 0 Å². The van der Waals surface area contributed by atoms with Gasteiger partial charge in [0.15, 0.2) is 0 Å². The summed E-state index contributed by atoms with van der Waals surface area (Å²) in [5, 5.41) is 7.43. The molecule has 196 valence electrons. The Kier molecular flexibility index (Phi) is 5.82. The molecule has 2 nitrogen and oxygen atoms in total. The molecule has 0 N–H and O–H groups in total. The van der Waals surface area contributed by atoms with Crippen molar-refractivity contribution in [2.45, 2.75) is 0 Å². The van der Waals surface area contributed by atoms with E-state index in [0.29, 0.717) is 0 Å². The standard InChI is InChI=1S/C40H26N2/c1-3-11-27(12-4-1)37-17-9-19-39(41-37)29-21-23-33-34-24-22-30(26-36(34)32-16-8-7-15-31(32)35(33)25-29)40-20-10-18-38(42-40)28-13-5-2-6-14-28/h1-26H. The van der Waals surface area contributed by atoms with Crippen LogP contribution in [0.4, 0.5) is 0 Å². The Bertz CT molecular complexity index is 2050. The summed E-state index contributed by atoms with van der Waals surface area (Å²) in [6.45, 7) is 0. The van der Waals surface area contributed by atoms with Crippen LogP contribution < -0.4 is 0 Å². The molecule has 8 rings (SSSR count). The first-order chi connectivity index (χ1) is 20.8. The smallest absolute Gasteiger partial charge is 0.0709 e. The molecule has 8 aromatic rings. The van der Waals surface area contributed by atoms with E-state index in [9.17, 15) is 0 Å². The molecule has 0 spiro atoms. The second-order valence-electron chi connectivity index (χ2n) is 10.6. The number of nitrogens with zero attached hydrogens (tertiary/aromatic N) is 2. The number of benzene rings is 6. The van der Waals surface area contributed by atoms with E-state index in [0.717, 1.165) is 45.0 Å². The van der Waals surface area contributed by atoms with Crippen molar-refractivity contribution in [1.82, 2.24) is 9.97 Å². The maximum atomic E-state index is 5.03. The SMILES string of the molecule is c1ccc(-c2cccc(-c3ccc4c5ccc(-c6cccc(-c7ccccc7)n6)cc5c5ccccc5c4c3)n2)cc1. The first-order valence-corrected chi connectivity index (χ1v) is 14.3. The topological polar surface area (TPSA) is 25.8 Å². The van der Waals surface area contributed by atoms with Gasteiger partial charge in [-0.05, 0) is 68.7 Å². The molecule has 0 saturated heterocycles. The Labute approximate surface area is 244 Å². The second kappa shape index (κ2) is 10.1. The van der Waals surface area contributed by atoms with Crippen LogP contribution in [-0.4, -0.2) is 9.97 Å². The van der Waals surface area contributed by atoms with Gasteiger partial charge in [-0.1, -0.05) is 121 Å². The quantitative estimate of drug-likeness (QED) is 0.210. The highest BCUT2D eigenvalue weighted by Gasteiger charge is 2.13. The van der Waals surface area contributed by atoms with E-state index >= 15 is 0 Å². The third kappa shape index (κ3) is 4.22. The van der Waals surface area contributed by atoms with Gasteiger partial charge in [-0.25, -0.2) is 9.97 Å². The monoisotopic (exact) mass is 534 g/mol. The van der Waals surface area contributed by atoms with Crippen molar-refractivity contribution in [3.8, 4) is 45.0 Å². The van der Waals surface area contributed by atoms with Crippen molar-refractivity contribution in [2.24, 2.45) is 0 Å². The third-order valence-electron chi connectivity index (χ3n) is 8.07. The molecule has 0 aliphatic heterocycles. The Morgan fingerprint density at radius 1 is 0.238 bits per heavy atom. The molecule has 2 heteroatoms. The Hall–Kier alpha value is -5.60. The minimum atomic E-state index is 0.974. The molecule has 0 aliphatic carbocycles. The van der Waals surface area contributed by atoms with Crippen LogP contribution >= 0.6 is 0 Å². The fourth-order valence-corrected chi connectivity index (χ4v) is 6.01. The molecular formula is C40H26N2. The number of aromatic nitrogens is 2. The largest absolute Gasteiger partial charge is 0.248 e. The lowest BCUT2D eigenvalue weighted by Crippen LogP contribution is -1.90. The van der Waals surface area contributed by atoms with Gasteiger partial charge >= 0.3 is 0 Å². The second-order valence-corrected chi connectivity index (χ2v) is 10.6. The van der Waals surface area contributed by atoms with E-state index in [4.69, 9.17) is 9.97 Å². The predicted molar refractivity (Wildman–Crippen MR) is 176 cm³/mol. The van der Waals surface area contributed by atoms with E-state index in [1.807, 2.05) is 12.1 Å². The number of hydrogen-bond acceptors (Lipinski definition) is 2. The summed E-state index contributed by atoms with van der Waals surface area (Å²) in [5.74, 6) is 0. The average molecular weight is 535 g/mol. The maximum absolute atomic E-state index is 5.03. The van der Waals surface area contributed by atoms with Crippen LogP contribution in [0.2, 0.25) is 0 Å². The van der Waals surface area contributed by atoms with Gasteiger partial charge in [0.2, 0.25) is 0 Å². The zero-order valence-electron chi connectivity index (χ0n) is 22.9. The average Bonchev–Trinajstić information content (AvgIpc) is 3.09. The number of rotatable bonds is 4. The lowest BCUT2D eigenvalue weighted by molar-refractivity contribution is 1.32. The molecule has 0 amide bonds. The molecule has 0 radical (unpaired) electrons. The molecular weight excluding hydrogens is 508 g/mol. The third-order valence-corrected chi connectivity index (χ3v) is 8.07. The van der Waals surface area contributed by atoms with E-state index in [1.165, 1.54) is 32.3 Å². The zero-order valence-corrected chi connectivity index (χ0v) is 22.9. The molecule has 2 aromatic heterocycles. The van der Waals surface area contributed by atoms with E-state index < -0.39 is 0 Å². The van der Waals surface area contributed by atoms with E-state index in [1.54, 1.807) is 0 Å². The highest BCUT2D eigenvalue weighted by Crippen LogP contribution is 2.39. The van der Waals surface area contributed by atoms with Crippen LogP contribution in [0, 0.1) is 0 Å². The molecule has 6 aromatic carbocycles. The molecule has 0 bridgehead atoms. The molecule has 0 fully saturated rings. The van der Waals surface area contributed by atoms with Crippen molar-refractivity contribution in [1.29, 1.82) is 0 Å². The van der Waals surface area contributed by atoms with Crippen molar-refractivity contribution in [3.05, 3.63) is 158 Å². The normalized spacial score (nSPS) is 11.3.